The molecule has 1 saturated heterocycles. The molecular weight excluding hydrogens is 214 g/mol. The maximum absolute atomic E-state index is 8.72. The van der Waals surface area contributed by atoms with E-state index in [2.05, 4.69) is 16.4 Å². The van der Waals surface area contributed by atoms with Crippen LogP contribution in [0.1, 0.15) is 37.4 Å². The Hall–Kier alpha value is -1.60. The molecular formula is C13H17N3O. The molecule has 1 aromatic heterocycles. The first-order valence-corrected chi connectivity index (χ1v) is 5.99. The standard InChI is InChI=1S/C13H17N3O/c1-15-12-9-16-8-6-11(12)13-4-2-3-10(17-13)5-7-14/h6,8-10,13,15H,2-5H2,1H3/t10-,13?/m0/s1. The summed E-state index contributed by atoms with van der Waals surface area (Å²) in [4.78, 5) is 4.10. The summed E-state index contributed by atoms with van der Waals surface area (Å²) in [5.41, 5.74) is 2.15. The van der Waals surface area contributed by atoms with Gasteiger partial charge in [-0.1, -0.05) is 0 Å². The molecule has 4 nitrogen and oxygen atoms in total. The molecule has 0 aliphatic carbocycles. The number of hydrogen-bond donors (Lipinski definition) is 1. The minimum absolute atomic E-state index is 0.0802. The van der Waals surface area contributed by atoms with Crippen LogP contribution in [0, 0.1) is 11.3 Å². The number of rotatable bonds is 3. The number of aromatic nitrogens is 1. The Bertz CT molecular complexity index is 413. The van der Waals surface area contributed by atoms with E-state index < -0.39 is 0 Å². The number of nitrogens with one attached hydrogen (secondary N) is 1. The summed E-state index contributed by atoms with van der Waals surface area (Å²) in [6.45, 7) is 0. The van der Waals surface area contributed by atoms with Gasteiger partial charge in [-0.15, -0.1) is 0 Å². The third kappa shape index (κ3) is 2.75. The number of nitriles is 1. The van der Waals surface area contributed by atoms with Crippen LogP contribution in [0.5, 0.6) is 0 Å². The normalized spacial score (nSPS) is 24.0. The summed E-state index contributed by atoms with van der Waals surface area (Å²) >= 11 is 0. The lowest BCUT2D eigenvalue weighted by molar-refractivity contribution is -0.0482. The second-order valence-electron chi connectivity index (χ2n) is 4.25. The van der Waals surface area contributed by atoms with Crippen molar-refractivity contribution in [2.24, 2.45) is 0 Å². The van der Waals surface area contributed by atoms with Crippen LogP contribution in [0.2, 0.25) is 0 Å². The zero-order valence-corrected chi connectivity index (χ0v) is 10.0. The highest BCUT2D eigenvalue weighted by atomic mass is 16.5. The van der Waals surface area contributed by atoms with E-state index in [-0.39, 0.29) is 12.2 Å². The highest BCUT2D eigenvalue weighted by Crippen LogP contribution is 2.35. The number of nitrogens with zero attached hydrogens (tertiary/aromatic N) is 2. The summed E-state index contributed by atoms with van der Waals surface area (Å²) in [5.74, 6) is 0. The van der Waals surface area contributed by atoms with Crippen molar-refractivity contribution >= 4 is 5.69 Å². The number of hydrogen-bond acceptors (Lipinski definition) is 4. The molecule has 17 heavy (non-hydrogen) atoms. The van der Waals surface area contributed by atoms with Gasteiger partial charge in [0.05, 0.1) is 36.6 Å². The van der Waals surface area contributed by atoms with E-state index in [1.807, 2.05) is 19.3 Å². The van der Waals surface area contributed by atoms with E-state index in [1.165, 1.54) is 0 Å². The molecule has 1 aliphatic rings. The van der Waals surface area contributed by atoms with Crippen LogP contribution in [0.15, 0.2) is 18.5 Å². The van der Waals surface area contributed by atoms with Gasteiger partial charge in [-0.2, -0.15) is 5.26 Å². The number of ether oxygens (including phenoxy) is 1. The predicted octanol–water partition coefficient (Wildman–Crippen LogP) is 2.65. The molecule has 90 valence electrons. The molecule has 0 bridgehead atoms. The molecule has 1 fully saturated rings. The third-order valence-electron chi connectivity index (χ3n) is 3.14. The summed E-state index contributed by atoms with van der Waals surface area (Å²) in [6, 6.07) is 4.18. The fourth-order valence-corrected chi connectivity index (χ4v) is 2.27. The summed E-state index contributed by atoms with van der Waals surface area (Å²) in [7, 11) is 1.89. The highest BCUT2D eigenvalue weighted by Gasteiger charge is 2.24. The largest absolute Gasteiger partial charge is 0.387 e. The average Bonchev–Trinajstić information content (AvgIpc) is 2.39. The van der Waals surface area contributed by atoms with Gasteiger partial charge < -0.3 is 10.1 Å². The Morgan fingerprint density at radius 2 is 2.47 bits per heavy atom. The Kier molecular flexibility index (Phi) is 3.94. The van der Waals surface area contributed by atoms with Gasteiger partial charge in [-0.3, -0.25) is 4.98 Å². The molecule has 0 radical (unpaired) electrons. The molecule has 0 spiro atoms. The lowest BCUT2D eigenvalue weighted by atomic mass is 9.97. The van der Waals surface area contributed by atoms with Crippen molar-refractivity contribution in [3.05, 3.63) is 24.0 Å². The molecule has 2 rings (SSSR count). The second kappa shape index (κ2) is 5.65. The fraction of sp³-hybridized carbons (Fsp3) is 0.538. The van der Waals surface area contributed by atoms with Crippen LogP contribution < -0.4 is 5.32 Å². The minimum Gasteiger partial charge on any atom is -0.387 e. The van der Waals surface area contributed by atoms with Crippen LogP contribution in [0.25, 0.3) is 0 Å². The summed E-state index contributed by atoms with van der Waals surface area (Å²) in [6.07, 6.45) is 7.37. The van der Waals surface area contributed by atoms with Crippen molar-refractivity contribution in [3.8, 4) is 6.07 Å². The number of anilines is 1. The van der Waals surface area contributed by atoms with Gasteiger partial charge in [0, 0.05) is 18.8 Å². The predicted molar refractivity (Wildman–Crippen MR) is 65.5 cm³/mol. The summed E-state index contributed by atoms with van der Waals surface area (Å²) in [5, 5.41) is 11.9. The van der Waals surface area contributed by atoms with Crippen LogP contribution in [0.4, 0.5) is 5.69 Å². The summed E-state index contributed by atoms with van der Waals surface area (Å²) < 4.78 is 5.97. The average molecular weight is 231 g/mol. The van der Waals surface area contributed by atoms with E-state index in [0.29, 0.717) is 6.42 Å². The van der Waals surface area contributed by atoms with Gasteiger partial charge in [0.25, 0.3) is 0 Å². The molecule has 2 heterocycles. The van der Waals surface area contributed by atoms with Gasteiger partial charge in [0.2, 0.25) is 0 Å². The Morgan fingerprint density at radius 3 is 3.24 bits per heavy atom. The van der Waals surface area contributed by atoms with Gasteiger partial charge in [0.15, 0.2) is 0 Å². The topological polar surface area (TPSA) is 57.9 Å². The van der Waals surface area contributed by atoms with E-state index in [1.54, 1.807) is 6.20 Å². The van der Waals surface area contributed by atoms with Gasteiger partial charge >= 0.3 is 0 Å². The highest BCUT2D eigenvalue weighted by molar-refractivity contribution is 5.49. The van der Waals surface area contributed by atoms with E-state index in [4.69, 9.17) is 10.00 Å². The first kappa shape index (κ1) is 11.9. The van der Waals surface area contributed by atoms with Gasteiger partial charge in [-0.25, -0.2) is 0 Å². The maximum atomic E-state index is 8.72. The lowest BCUT2D eigenvalue weighted by Gasteiger charge is -2.30. The Balaban J connectivity index is 2.13. The van der Waals surface area contributed by atoms with Crippen LogP contribution >= 0.6 is 0 Å². The van der Waals surface area contributed by atoms with E-state index >= 15 is 0 Å². The minimum atomic E-state index is 0.0802. The molecule has 0 saturated carbocycles. The van der Waals surface area contributed by atoms with Crippen LogP contribution in [0.3, 0.4) is 0 Å². The molecule has 1 aliphatic heterocycles. The quantitative estimate of drug-likeness (QED) is 0.868. The smallest absolute Gasteiger partial charge is 0.0850 e. The first-order valence-electron chi connectivity index (χ1n) is 5.99. The molecule has 1 aromatic rings. The van der Waals surface area contributed by atoms with Crippen LogP contribution in [-0.2, 0) is 4.74 Å². The van der Waals surface area contributed by atoms with Crippen molar-refractivity contribution in [2.45, 2.75) is 37.9 Å². The number of pyridine rings is 1. The lowest BCUT2D eigenvalue weighted by Crippen LogP contribution is -2.22. The van der Waals surface area contributed by atoms with Crippen molar-refractivity contribution in [1.29, 1.82) is 5.26 Å². The van der Waals surface area contributed by atoms with Gasteiger partial charge in [0.1, 0.15) is 0 Å². The molecule has 1 unspecified atom stereocenters. The fourth-order valence-electron chi connectivity index (χ4n) is 2.27. The van der Waals surface area contributed by atoms with Gasteiger partial charge in [-0.05, 0) is 25.3 Å². The van der Waals surface area contributed by atoms with Crippen molar-refractivity contribution < 1.29 is 4.74 Å². The Morgan fingerprint density at radius 1 is 1.59 bits per heavy atom. The maximum Gasteiger partial charge on any atom is 0.0850 e. The molecule has 1 N–H and O–H groups in total. The van der Waals surface area contributed by atoms with Crippen molar-refractivity contribution in [1.82, 2.24) is 4.98 Å². The SMILES string of the molecule is CNc1cnccc1C1CCC[C@@H](CC#N)O1. The van der Waals surface area contributed by atoms with E-state index in [9.17, 15) is 0 Å². The Labute approximate surface area is 102 Å². The van der Waals surface area contributed by atoms with Crippen molar-refractivity contribution in [3.63, 3.8) is 0 Å². The van der Waals surface area contributed by atoms with E-state index in [0.717, 1.165) is 30.5 Å². The first-order chi connectivity index (χ1) is 8.35. The third-order valence-corrected chi connectivity index (χ3v) is 3.14. The monoisotopic (exact) mass is 231 g/mol. The molecule has 2 atom stereocenters. The van der Waals surface area contributed by atoms with Crippen LogP contribution in [-0.4, -0.2) is 18.1 Å². The molecule has 4 heteroatoms. The zero-order chi connectivity index (χ0) is 12.1. The second-order valence-corrected chi connectivity index (χ2v) is 4.25. The molecule has 0 aromatic carbocycles. The molecule has 0 amide bonds. The zero-order valence-electron chi connectivity index (χ0n) is 10.0. The van der Waals surface area contributed by atoms with Crippen molar-refractivity contribution in [2.75, 3.05) is 12.4 Å².